The first-order valence-electron chi connectivity index (χ1n) is 6.00. The van der Waals surface area contributed by atoms with E-state index in [0.29, 0.717) is 5.69 Å². The fourth-order valence-electron chi connectivity index (χ4n) is 2.24. The van der Waals surface area contributed by atoms with Crippen LogP contribution in [0.25, 0.3) is 0 Å². The van der Waals surface area contributed by atoms with E-state index in [-0.39, 0.29) is 12.1 Å². The summed E-state index contributed by atoms with van der Waals surface area (Å²) >= 11 is 0. The first-order chi connectivity index (χ1) is 8.45. The third kappa shape index (κ3) is 3.35. The molecular formula is C12H16F3N3. The van der Waals surface area contributed by atoms with Gasteiger partial charge in [0.05, 0.1) is 11.9 Å². The molecule has 1 aliphatic carbocycles. The normalized spacial score (nSPS) is 24.9. The largest absolute Gasteiger partial charge is 0.433 e. The molecule has 3 N–H and O–H groups in total. The van der Waals surface area contributed by atoms with E-state index in [2.05, 4.69) is 10.3 Å². The van der Waals surface area contributed by atoms with Gasteiger partial charge in [-0.2, -0.15) is 13.2 Å². The van der Waals surface area contributed by atoms with Crippen LogP contribution >= 0.6 is 0 Å². The van der Waals surface area contributed by atoms with E-state index in [4.69, 9.17) is 5.73 Å². The van der Waals surface area contributed by atoms with Gasteiger partial charge in [0.2, 0.25) is 0 Å². The molecule has 1 fully saturated rings. The van der Waals surface area contributed by atoms with Gasteiger partial charge in [-0.1, -0.05) is 0 Å². The highest BCUT2D eigenvalue weighted by Crippen LogP contribution is 2.28. The minimum atomic E-state index is -4.38. The van der Waals surface area contributed by atoms with Crippen molar-refractivity contribution in [3.63, 3.8) is 0 Å². The second-order valence-corrected chi connectivity index (χ2v) is 4.70. The van der Waals surface area contributed by atoms with Crippen LogP contribution in [-0.2, 0) is 6.18 Å². The van der Waals surface area contributed by atoms with E-state index in [0.717, 1.165) is 31.7 Å². The number of rotatable bonds is 2. The third-order valence-electron chi connectivity index (χ3n) is 3.14. The second kappa shape index (κ2) is 5.14. The van der Waals surface area contributed by atoms with Gasteiger partial charge in [-0.05, 0) is 37.8 Å². The van der Waals surface area contributed by atoms with Crippen molar-refractivity contribution in [2.45, 2.75) is 43.9 Å². The highest BCUT2D eigenvalue weighted by Gasteiger charge is 2.32. The van der Waals surface area contributed by atoms with Gasteiger partial charge in [-0.15, -0.1) is 0 Å². The number of nitrogens with two attached hydrogens (primary N) is 1. The van der Waals surface area contributed by atoms with Crippen LogP contribution in [0.2, 0.25) is 0 Å². The lowest BCUT2D eigenvalue weighted by Gasteiger charge is -2.28. The minimum Gasteiger partial charge on any atom is -0.381 e. The number of alkyl halides is 3. The summed E-state index contributed by atoms with van der Waals surface area (Å²) < 4.78 is 37.0. The maximum atomic E-state index is 12.3. The maximum Gasteiger partial charge on any atom is 0.433 e. The summed E-state index contributed by atoms with van der Waals surface area (Å²) in [5, 5.41) is 3.18. The monoisotopic (exact) mass is 259 g/mol. The molecule has 0 aliphatic heterocycles. The lowest BCUT2D eigenvalue weighted by Crippen LogP contribution is -2.34. The molecule has 0 bridgehead atoms. The Kier molecular flexibility index (Phi) is 3.75. The van der Waals surface area contributed by atoms with Crippen molar-refractivity contribution >= 4 is 5.69 Å². The molecule has 1 heterocycles. The third-order valence-corrected chi connectivity index (χ3v) is 3.14. The molecule has 1 aromatic heterocycles. The molecule has 0 spiro atoms. The molecule has 1 aliphatic rings. The first kappa shape index (κ1) is 13.1. The van der Waals surface area contributed by atoms with Gasteiger partial charge in [0, 0.05) is 12.1 Å². The fourth-order valence-corrected chi connectivity index (χ4v) is 2.24. The van der Waals surface area contributed by atoms with Crippen molar-refractivity contribution in [1.29, 1.82) is 0 Å². The van der Waals surface area contributed by atoms with Crippen molar-refractivity contribution in [2.24, 2.45) is 5.73 Å². The Hall–Kier alpha value is -1.30. The van der Waals surface area contributed by atoms with Crippen LogP contribution in [0, 0.1) is 0 Å². The Bertz CT molecular complexity index is 389. The maximum absolute atomic E-state index is 12.3. The van der Waals surface area contributed by atoms with E-state index in [1.54, 1.807) is 0 Å². The number of pyridine rings is 1. The molecule has 3 nitrogen and oxygen atoms in total. The lowest BCUT2D eigenvalue weighted by atomic mass is 9.91. The SMILES string of the molecule is NC1CCCC(Nc2ccc(C(F)(F)F)nc2)C1. The van der Waals surface area contributed by atoms with E-state index in [9.17, 15) is 13.2 Å². The van der Waals surface area contributed by atoms with Crippen LogP contribution < -0.4 is 11.1 Å². The number of hydrogen-bond donors (Lipinski definition) is 2. The van der Waals surface area contributed by atoms with E-state index in [1.165, 1.54) is 12.3 Å². The van der Waals surface area contributed by atoms with Crippen LogP contribution in [-0.4, -0.2) is 17.1 Å². The summed E-state index contributed by atoms with van der Waals surface area (Å²) in [6.45, 7) is 0. The smallest absolute Gasteiger partial charge is 0.381 e. The highest BCUT2D eigenvalue weighted by atomic mass is 19.4. The Morgan fingerprint density at radius 3 is 2.61 bits per heavy atom. The van der Waals surface area contributed by atoms with Gasteiger partial charge in [0.15, 0.2) is 0 Å². The second-order valence-electron chi connectivity index (χ2n) is 4.70. The molecule has 2 atom stereocenters. The van der Waals surface area contributed by atoms with Gasteiger partial charge in [-0.3, -0.25) is 0 Å². The standard InChI is InChI=1S/C12H16F3N3/c13-12(14,15)11-5-4-10(7-17-11)18-9-3-1-2-8(16)6-9/h4-5,7-9,18H,1-3,6,16H2. The van der Waals surface area contributed by atoms with Gasteiger partial charge >= 0.3 is 6.18 Å². The summed E-state index contributed by atoms with van der Waals surface area (Å²) in [5.74, 6) is 0. The average Bonchev–Trinajstić information content (AvgIpc) is 2.28. The molecule has 0 amide bonds. The molecular weight excluding hydrogens is 243 g/mol. The van der Waals surface area contributed by atoms with Crippen molar-refractivity contribution in [1.82, 2.24) is 4.98 Å². The number of nitrogens with one attached hydrogen (secondary N) is 1. The van der Waals surface area contributed by atoms with Gasteiger partial charge in [-0.25, -0.2) is 4.98 Å². The Balaban J connectivity index is 1.98. The number of aromatic nitrogens is 1. The quantitative estimate of drug-likeness (QED) is 0.858. The predicted octanol–water partition coefficient (Wildman–Crippen LogP) is 2.78. The number of halogens is 3. The van der Waals surface area contributed by atoms with Gasteiger partial charge < -0.3 is 11.1 Å². The highest BCUT2D eigenvalue weighted by molar-refractivity contribution is 5.42. The summed E-state index contributed by atoms with van der Waals surface area (Å²) in [6.07, 6.45) is 0.751. The molecule has 1 saturated carbocycles. The topological polar surface area (TPSA) is 50.9 Å². The number of hydrogen-bond acceptors (Lipinski definition) is 3. The molecule has 2 rings (SSSR count). The van der Waals surface area contributed by atoms with E-state index >= 15 is 0 Å². The minimum absolute atomic E-state index is 0.179. The molecule has 2 unspecified atom stereocenters. The number of nitrogens with zero attached hydrogens (tertiary/aromatic N) is 1. The summed E-state index contributed by atoms with van der Waals surface area (Å²) in [5.41, 5.74) is 5.60. The average molecular weight is 259 g/mol. The molecule has 100 valence electrons. The molecule has 18 heavy (non-hydrogen) atoms. The van der Waals surface area contributed by atoms with Crippen LogP contribution in [0.15, 0.2) is 18.3 Å². The zero-order valence-corrected chi connectivity index (χ0v) is 9.87. The fraction of sp³-hybridized carbons (Fsp3) is 0.583. The Morgan fingerprint density at radius 2 is 2.06 bits per heavy atom. The molecule has 0 saturated heterocycles. The summed E-state index contributed by atoms with van der Waals surface area (Å²) in [4.78, 5) is 3.42. The molecule has 0 aromatic carbocycles. The number of anilines is 1. The first-order valence-corrected chi connectivity index (χ1v) is 6.00. The lowest BCUT2D eigenvalue weighted by molar-refractivity contribution is -0.141. The van der Waals surface area contributed by atoms with Gasteiger partial charge in [0.1, 0.15) is 5.69 Å². The van der Waals surface area contributed by atoms with Crippen LogP contribution in [0.5, 0.6) is 0 Å². The molecule has 1 aromatic rings. The predicted molar refractivity (Wildman–Crippen MR) is 63.1 cm³/mol. The Morgan fingerprint density at radius 1 is 1.28 bits per heavy atom. The zero-order valence-electron chi connectivity index (χ0n) is 9.87. The van der Waals surface area contributed by atoms with Crippen molar-refractivity contribution < 1.29 is 13.2 Å². The van der Waals surface area contributed by atoms with Crippen molar-refractivity contribution in [3.8, 4) is 0 Å². The van der Waals surface area contributed by atoms with Crippen LogP contribution in [0.4, 0.5) is 18.9 Å². The molecule has 6 heteroatoms. The summed E-state index contributed by atoms with van der Waals surface area (Å²) in [6, 6.07) is 2.81. The van der Waals surface area contributed by atoms with Gasteiger partial charge in [0.25, 0.3) is 0 Å². The molecule has 0 radical (unpaired) electrons. The van der Waals surface area contributed by atoms with Crippen LogP contribution in [0.1, 0.15) is 31.4 Å². The van der Waals surface area contributed by atoms with Crippen molar-refractivity contribution in [2.75, 3.05) is 5.32 Å². The van der Waals surface area contributed by atoms with Crippen LogP contribution in [0.3, 0.4) is 0 Å². The van der Waals surface area contributed by atoms with E-state index in [1.807, 2.05) is 0 Å². The zero-order chi connectivity index (χ0) is 13.2. The Labute approximate surface area is 104 Å². The van der Waals surface area contributed by atoms with E-state index < -0.39 is 11.9 Å². The van der Waals surface area contributed by atoms with Crippen molar-refractivity contribution in [3.05, 3.63) is 24.0 Å². The summed E-state index contributed by atoms with van der Waals surface area (Å²) in [7, 11) is 0.